The number of allylic oxidation sites excluding steroid dienone is 12. The van der Waals surface area contributed by atoms with Crippen LogP contribution in [0.1, 0.15) is 71.6 Å². The number of cyclic esters (lactones) is 1. The van der Waals surface area contributed by atoms with Crippen molar-refractivity contribution in [1.29, 1.82) is 0 Å². The van der Waals surface area contributed by atoms with Crippen molar-refractivity contribution in [2.24, 2.45) is 17.6 Å². The summed E-state index contributed by atoms with van der Waals surface area (Å²) in [5, 5.41) is 110. The van der Waals surface area contributed by atoms with E-state index in [0.717, 1.165) is 0 Å². The van der Waals surface area contributed by atoms with E-state index in [9.17, 15) is 60.7 Å². The number of aliphatic hydroxyl groups is 10. The molecule has 17 atom stereocenters. The van der Waals surface area contributed by atoms with E-state index >= 15 is 0 Å². The number of aliphatic hydroxyl groups excluding tert-OH is 9. The fourth-order valence-corrected chi connectivity index (χ4v) is 7.68. The molecule has 2 fully saturated rings. The van der Waals surface area contributed by atoms with Crippen molar-refractivity contribution in [1.82, 2.24) is 5.32 Å². The second-order valence-electron chi connectivity index (χ2n) is 17.0. The van der Waals surface area contributed by atoms with Gasteiger partial charge in [0.2, 0.25) is 5.91 Å². The van der Waals surface area contributed by atoms with E-state index in [1.54, 1.807) is 61.6 Å². The zero-order valence-electron chi connectivity index (χ0n) is 36.9. The van der Waals surface area contributed by atoms with Crippen LogP contribution >= 0.6 is 0 Å². The number of nitrogens with one attached hydrogen (secondary N) is 1. The van der Waals surface area contributed by atoms with Gasteiger partial charge in [0.25, 0.3) is 0 Å². The first-order valence-corrected chi connectivity index (χ1v) is 22.0. The molecule has 1 amide bonds. The third kappa shape index (κ3) is 19.2. The highest BCUT2D eigenvalue weighted by Gasteiger charge is 2.50. The lowest BCUT2D eigenvalue weighted by molar-refractivity contribution is -0.304. The Kier molecular flexibility index (Phi) is 23.9. The second-order valence-corrected chi connectivity index (χ2v) is 17.0. The molecule has 3 aliphatic heterocycles. The fraction of sp³-hybridized carbons (Fsp3) is 0.652. The van der Waals surface area contributed by atoms with Gasteiger partial charge in [0.15, 0.2) is 12.1 Å². The minimum atomic E-state index is -2.24. The molecule has 18 nitrogen and oxygen atoms in total. The zero-order chi connectivity index (χ0) is 47.4. The number of nitrogens with two attached hydrogens (primary N) is 1. The number of esters is 1. The summed E-state index contributed by atoms with van der Waals surface area (Å²) in [6.07, 6.45) is 6.14. The highest BCUT2D eigenvalue weighted by Crippen LogP contribution is 2.38. The summed E-state index contributed by atoms with van der Waals surface area (Å²) in [5.74, 6) is -5.05. The van der Waals surface area contributed by atoms with Crippen molar-refractivity contribution < 1.29 is 79.6 Å². The Bertz CT molecular complexity index is 1620. The van der Waals surface area contributed by atoms with Crippen molar-refractivity contribution in [3.8, 4) is 0 Å². The van der Waals surface area contributed by atoms with Crippen molar-refractivity contribution in [3.05, 3.63) is 85.1 Å². The molecule has 13 N–H and O–H groups in total. The molecule has 3 heterocycles. The lowest BCUT2D eigenvalue weighted by atomic mass is 9.82. The smallest absolute Gasteiger partial charge is 0.308 e. The van der Waals surface area contributed by atoms with Gasteiger partial charge in [-0.3, -0.25) is 9.59 Å². The molecule has 0 spiro atoms. The van der Waals surface area contributed by atoms with Crippen LogP contribution in [-0.2, 0) is 28.5 Å². The van der Waals surface area contributed by atoms with Crippen LogP contribution in [0.3, 0.4) is 0 Å². The number of ether oxygens (including phenoxy) is 4. The van der Waals surface area contributed by atoms with Gasteiger partial charge in [-0.05, 0) is 26.2 Å². The fourth-order valence-electron chi connectivity index (χ4n) is 7.68. The topological polar surface area (TPSA) is 311 Å². The minimum Gasteiger partial charge on any atom is -0.462 e. The summed E-state index contributed by atoms with van der Waals surface area (Å²) in [4.78, 5) is 25.6. The van der Waals surface area contributed by atoms with Gasteiger partial charge in [0.05, 0.1) is 86.0 Å². The number of carbonyl (C=O) groups is 2. The minimum absolute atomic E-state index is 0.0849. The Morgan fingerprint density at radius 2 is 1.30 bits per heavy atom. The standard InChI is InChI=1S/C46H72N2O16/c1-28-16-14-12-10-8-6-4-5-7-9-11-13-15-17-33(63-45-43(58)42(47)38(56)27-61-45)24-39-41(44(59)48-3)37(55)26-46(60,64-39)25-32(51)22-36(54)34(52)19-18-30(49)21-31(50)23-40(57)62-29(2)20-35(28)53/h4-17,28-39,41-43,45,49-56,58,60H,18-27,47H2,1-3H3,(H,48,59)/b5-4+,8-6+,9-7+,12-10+,13-11+,16-14+,17-15+/t28-,29-,30?,31?,32?,33-,34?,35-,36?,37-,38+,39-,41+,42-,43-,45-,46+/m0/s1. The van der Waals surface area contributed by atoms with Crippen molar-refractivity contribution in [2.45, 2.75) is 163 Å². The molecule has 64 heavy (non-hydrogen) atoms. The molecule has 3 rings (SSSR count). The average Bonchev–Trinajstić information content (AvgIpc) is 3.21. The lowest BCUT2D eigenvalue weighted by Gasteiger charge is -2.45. The maximum Gasteiger partial charge on any atom is 0.308 e. The van der Waals surface area contributed by atoms with Gasteiger partial charge in [0.1, 0.15) is 12.2 Å². The Morgan fingerprint density at radius 3 is 1.91 bits per heavy atom. The molecule has 0 saturated carbocycles. The third-order valence-corrected chi connectivity index (χ3v) is 11.3. The molecule has 0 aromatic carbocycles. The number of rotatable bonds is 3. The molecule has 18 heteroatoms. The van der Waals surface area contributed by atoms with Gasteiger partial charge in [-0.25, -0.2) is 0 Å². The molecule has 0 aromatic heterocycles. The number of hydrogen-bond donors (Lipinski definition) is 12. The maximum absolute atomic E-state index is 13.1. The maximum atomic E-state index is 13.1. The predicted octanol–water partition coefficient (Wildman–Crippen LogP) is -0.261. The van der Waals surface area contributed by atoms with E-state index in [-0.39, 0.29) is 44.6 Å². The predicted molar refractivity (Wildman–Crippen MR) is 234 cm³/mol. The van der Waals surface area contributed by atoms with Crippen LogP contribution in [-0.4, -0.2) is 168 Å². The van der Waals surface area contributed by atoms with Crippen LogP contribution < -0.4 is 11.1 Å². The van der Waals surface area contributed by atoms with Crippen molar-refractivity contribution >= 4 is 11.9 Å². The van der Waals surface area contributed by atoms with Crippen LogP contribution in [0, 0.1) is 11.8 Å². The quantitative estimate of drug-likeness (QED) is 0.162. The number of carbonyl (C=O) groups excluding carboxylic acids is 2. The Morgan fingerprint density at radius 1 is 0.703 bits per heavy atom. The lowest BCUT2D eigenvalue weighted by Crippen LogP contribution is -2.59. The van der Waals surface area contributed by atoms with Gasteiger partial charge in [-0.15, -0.1) is 0 Å². The summed E-state index contributed by atoms with van der Waals surface area (Å²) in [7, 11) is 1.37. The van der Waals surface area contributed by atoms with E-state index in [4.69, 9.17) is 24.7 Å². The summed E-state index contributed by atoms with van der Waals surface area (Å²) < 4.78 is 23.1. The SMILES string of the molecule is CNC(=O)[C@H]1[C@@H]2C[C@@H](O[C@@H]3OC[C@@H](O)[C@H](N)[C@@H]3O)/C=C/C=C/C=C/C=C/C=C/C=C/C=C/[C@H](C)[C@@H](O)C[C@H](C)OC(=O)CC(O)CC(O)CCC(O)C(O)CC(O)C[C@](O)(C[C@@H]1O)O2. The molecular weight excluding hydrogens is 837 g/mol. The average molecular weight is 909 g/mol. The molecular formula is C46H72N2O16. The molecule has 2 saturated heterocycles. The van der Waals surface area contributed by atoms with E-state index in [1.807, 2.05) is 37.3 Å². The molecule has 362 valence electrons. The van der Waals surface area contributed by atoms with Gasteiger partial charge in [0, 0.05) is 45.1 Å². The number of amides is 1. The van der Waals surface area contributed by atoms with Crippen molar-refractivity contribution in [2.75, 3.05) is 13.7 Å². The highest BCUT2D eigenvalue weighted by molar-refractivity contribution is 5.79. The Labute approximate surface area is 375 Å². The molecule has 5 unspecified atom stereocenters. The molecule has 0 radical (unpaired) electrons. The zero-order valence-corrected chi connectivity index (χ0v) is 36.9. The summed E-state index contributed by atoms with van der Waals surface area (Å²) in [5.41, 5.74) is 5.97. The Balaban J connectivity index is 1.85. The molecule has 2 bridgehead atoms. The Hall–Kier alpha value is -3.44. The first-order valence-electron chi connectivity index (χ1n) is 22.0. The highest BCUT2D eigenvalue weighted by atomic mass is 16.7. The first kappa shape index (κ1) is 54.9. The van der Waals surface area contributed by atoms with Crippen molar-refractivity contribution in [3.63, 3.8) is 0 Å². The summed E-state index contributed by atoms with van der Waals surface area (Å²) >= 11 is 0. The van der Waals surface area contributed by atoms with Crippen LogP contribution in [0.2, 0.25) is 0 Å². The second kappa shape index (κ2) is 27.9. The van der Waals surface area contributed by atoms with Crippen LogP contribution in [0.5, 0.6) is 0 Å². The molecule has 0 aliphatic carbocycles. The van der Waals surface area contributed by atoms with E-state index in [2.05, 4.69) is 5.32 Å². The van der Waals surface area contributed by atoms with E-state index in [0.29, 0.717) is 0 Å². The third-order valence-electron chi connectivity index (χ3n) is 11.3. The number of hydrogen-bond acceptors (Lipinski definition) is 17. The summed E-state index contributed by atoms with van der Waals surface area (Å²) in [6.45, 7) is 3.22. The number of fused-ring (bicyclic) bond motifs is 2. The van der Waals surface area contributed by atoms with Crippen LogP contribution in [0.4, 0.5) is 0 Å². The summed E-state index contributed by atoms with van der Waals surface area (Å²) in [6, 6.07) is -1.09. The molecule has 0 aromatic rings. The molecule has 3 aliphatic rings. The van der Waals surface area contributed by atoms with Crippen LogP contribution in [0.25, 0.3) is 0 Å². The van der Waals surface area contributed by atoms with E-state index in [1.165, 1.54) is 7.05 Å². The van der Waals surface area contributed by atoms with Gasteiger partial charge >= 0.3 is 5.97 Å². The van der Waals surface area contributed by atoms with Gasteiger partial charge < -0.3 is 81.1 Å². The van der Waals surface area contributed by atoms with Gasteiger partial charge in [-0.1, -0.05) is 92.0 Å². The largest absolute Gasteiger partial charge is 0.462 e. The normalized spacial score (nSPS) is 43.6. The van der Waals surface area contributed by atoms with Crippen LogP contribution in [0.15, 0.2) is 85.1 Å². The van der Waals surface area contributed by atoms with Gasteiger partial charge in [-0.2, -0.15) is 0 Å². The van der Waals surface area contributed by atoms with E-state index < -0.39 is 135 Å². The first-order chi connectivity index (χ1) is 30.3. The monoisotopic (exact) mass is 908 g/mol.